The molecule has 0 radical (unpaired) electrons. The number of carboxylic acid groups (broad SMARTS) is 1. The van der Waals surface area contributed by atoms with Gasteiger partial charge in [0.1, 0.15) is 6.07 Å². The van der Waals surface area contributed by atoms with Crippen LogP contribution in [0.3, 0.4) is 0 Å². The number of aliphatic carboxylic acids is 1. The van der Waals surface area contributed by atoms with Gasteiger partial charge in [0.25, 0.3) is 0 Å². The fourth-order valence-electron chi connectivity index (χ4n) is 1.43. The van der Waals surface area contributed by atoms with Gasteiger partial charge in [-0.2, -0.15) is 5.26 Å². The fraction of sp³-hybridized carbons (Fsp3) is 0.333. The Bertz CT molecular complexity index is 468. The monoisotopic (exact) mass is 252 g/mol. The van der Waals surface area contributed by atoms with Crippen LogP contribution in [0.1, 0.15) is 12.5 Å². The van der Waals surface area contributed by atoms with Crippen molar-refractivity contribution in [1.82, 2.24) is 0 Å². The molecular weight excluding hydrogens is 240 g/mol. The zero-order chi connectivity index (χ0) is 13.0. The summed E-state index contributed by atoms with van der Waals surface area (Å²) < 4.78 is 0. The van der Waals surface area contributed by atoms with E-state index in [-0.39, 0.29) is 0 Å². The third-order valence-electron chi connectivity index (χ3n) is 2.48. The Morgan fingerprint density at radius 3 is 2.76 bits per heavy atom. The summed E-state index contributed by atoms with van der Waals surface area (Å²) in [7, 11) is 1.79. The maximum atomic E-state index is 10.7. The third kappa shape index (κ3) is 3.36. The van der Waals surface area contributed by atoms with Crippen molar-refractivity contribution < 1.29 is 9.90 Å². The molecule has 0 aromatic heterocycles. The van der Waals surface area contributed by atoms with E-state index in [1.54, 1.807) is 37.1 Å². The summed E-state index contributed by atoms with van der Waals surface area (Å²) >= 11 is 5.91. The van der Waals surface area contributed by atoms with Gasteiger partial charge < -0.3 is 10.0 Å². The topological polar surface area (TPSA) is 64.3 Å². The molecule has 0 bridgehead atoms. The molecule has 0 aliphatic carbocycles. The van der Waals surface area contributed by atoms with Crippen LogP contribution in [-0.2, 0) is 4.79 Å². The van der Waals surface area contributed by atoms with Crippen molar-refractivity contribution in [3.8, 4) is 6.07 Å². The number of rotatable bonds is 4. The molecule has 1 N–H and O–H groups in total. The van der Waals surface area contributed by atoms with Gasteiger partial charge in [-0.15, -0.1) is 0 Å². The predicted octanol–water partition coefficient (Wildman–Crippen LogP) is 2.37. The lowest BCUT2D eigenvalue weighted by atomic mass is 10.1. The number of benzene rings is 1. The number of anilines is 1. The van der Waals surface area contributed by atoms with Crippen LogP contribution in [0.2, 0.25) is 5.02 Å². The third-order valence-corrected chi connectivity index (χ3v) is 2.80. The molecule has 0 fully saturated rings. The van der Waals surface area contributed by atoms with E-state index in [2.05, 4.69) is 0 Å². The number of hydrogen-bond acceptors (Lipinski definition) is 3. The van der Waals surface area contributed by atoms with E-state index in [4.69, 9.17) is 22.0 Å². The lowest BCUT2D eigenvalue weighted by molar-refractivity contribution is -0.140. The Labute approximate surface area is 105 Å². The maximum absolute atomic E-state index is 10.7. The molecule has 1 atom stereocenters. The van der Waals surface area contributed by atoms with Gasteiger partial charge in [-0.3, -0.25) is 4.79 Å². The SMILES string of the molecule is CC(CN(C)c1ccc(C#N)c(Cl)c1)C(=O)O. The van der Waals surface area contributed by atoms with Gasteiger partial charge in [-0.1, -0.05) is 18.5 Å². The van der Waals surface area contributed by atoms with E-state index in [1.165, 1.54) is 0 Å². The van der Waals surface area contributed by atoms with Crippen molar-refractivity contribution in [3.05, 3.63) is 28.8 Å². The Kier molecular flexibility index (Phi) is 4.36. The van der Waals surface area contributed by atoms with E-state index >= 15 is 0 Å². The lowest BCUT2D eigenvalue weighted by Gasteiger charge is -2.21. The number of carboxylic acids is 1. The van der Waals surface area contributed by atoms with Gasteiger partial charge >= 0.3 is 5.97 Å². The molecule has 0 amide bonds. The molecule has 1 aromatic carbocycles. The molecule has 1 unspecified atom stereocenters. The molecular formula is C12H13ClN2O2. The van der Waals surface area contributed by atoms with Gasteiger partial charge in [0.05, 0.1) is 16.5 Å². The van der Waals surface area contributed by atoms with Crippen LogP contribution >= 0.6 is 11.6 Å². The average Bonchev–Trinajstić information content (AvgIpc) is 2.28. The molecule has 1 aromatic rings. The molecule has 0 saturated heterocycles. The predicted molar refractivity (Wildman–Crippen MR) is 66.2 cm³/mol. The van der Waals surface area contributed by atoms with Crippen LogP contribution in [0, 0.1) is 17.2 Å². The first-order chi connectivity index (χ1) is 7.95. The van der Waals surface area contributed by atoms with Crippen molar-refractivity contribution in [2.45, 2.75) is 6.92 Å². The van der Waals surface area contributed by atoms with E-state index < -0.39 is 11.9 Å². The van der Waals surface area contributed by atoms with Crippen molar-refractivity contribution in [3.63, 3.8) is 0 Å². The van der Waals surface area contributed by atoms with Crippen molar-refractivity contribution in [2.75, 3.05) is 18.5 Å². The normalized spacial score (nSPS) is 11.6. The highest BCUT2D eigenvalue weighted by Crippen LogP contribution is 2.23. The van der Waals surface area contributed by atoms with Crippen LogP contribution in [-0.4, -0.2) is 24.7 Å². The van der Waals surface area contributed by atoms with Crippen molar-refractivity contribution in [2.24, 2.45) is 5.92 Å². The van der Waals surface area contributed by atoms with Crippen molar-refractivity contribution >= 4 is 23.3 Å². The summed E-state index contributed by atoms with van der Waals surface area (Å²) in [4.78, 5) is 12.5. The molecule has 0 spiro atoms. The van der Waals surface area contributed by atoms with E-state index in [0.29, 0.717) is 17.1 Å². The Balaban J connectivity index is 2.83. The first-order valence-corrected chi connectivity index (χ1v) is 5.47. The van der Waals surface area contributed by atoms with Gasteiger partial charge in [0, 0.05) is 19.3 Å². The molecule has 0 heterocycles. The first kappa shape index (κ1) is 13.3. The van der Waals surface area contributed by atoms with Crippen molar-refractivity contribution in [1.29, 1.82) is 5.26 Å². The fourth-order valence-corrected chi connectivity index (χ4v) is 1.64. The molecule has 1 rings (SSSR count). The number of nitriles is 1. The zero-order valence-electron chi connectivity index (χ0n) is 9.64. The number of nitrogens with zero attached hydrogens (tertiary/aromatic N) is 2. The average molecular weight is 253 g/mol. The standard InChI is InChI=1S/C12H13ClN2O2/c1-8(12(16)17)7-15(2)10-4-3-9(6-14)11(13)5-10/h3-5,8H,7H2,1-2H3,(H,16,17). The van der Waals surface area contributed by atoms with Crippen LogP contribution in [0.5, 0.6) is 0 Å². The number of carbonyl (C=O) groups is 1. The quantitative estimate of drug-likeness (QED) is 0.894. The number of halogens is 1. The second kappa shape index (κ2) is 5.55. The second-order valence-corrected chi connectivity index (χ2v) is 4.30. The summed E-state index contributed by atoms with van der Waals surface area (Å²) in [6.45, 7) is 2.03. The van der Waals surface area contributed by atoms with Gasteiger partial charge in [0.2, 0.25) is 0 Å². The highest BCUT2D eigenvalue weighted by molar-refractivity contribution is 6.32. The summed E-state index contributed by atoms with van der Waals surface area (Å²) in [6.07, 6.45) is 0. The largest absolute Gasteiger partial charge is 0.481 e. The highest BCUT2D eigenvalue weighted by atomic mass is 35.5. The number of hydrogen-bond donors (Lipinski definition) is 1. The van der Waals surface area contributed by atoms with Gasteiger partial charge in [-0.05, 0) is 18.2 Å². The molecule has 5 heteroatoms. The second-order valence-electron chi connectivity index (χ2n) is 3.90. The minimum atomic E-state index is -0.836. The summed E-state index contributed by atoms with van der Waals surface area (Å²) in [5, 5.41) is 17.9. The summed E-state index contributed by atoms with van der Waals surface area (Å²) in [5.41, 5.74) is 1.21. The maximum Gasteiger partial charge on any atom is 0.308 e. The highest BCUT2D eigenvalue weighted by Gasteiger charge is 2.14. The minimum Gasteiger partial charge on any atom is -0.481 e. The van der Waals surface area contributed by atoms with E-state index in [1.807, 2.05) is 6.07 Å². The zero-order valence-corrected chi connectivity index (χ0v) is 10.4. The lowest BCUT2D eigenvalue weighted by Crippen LogP contribution is -2.28. The van der Waals surface area contributed by atoms with E-state index in [9.17, 15) is 4.79 Å². The Morgan fingerprint density at radius 2 is 2.29 bits per heavy atom. The van der Waals surface area contributed by atoms with Crippen LogP contribution in [0.15, 0.2) is 18.2 Å². The molecule has 90 valence electrons. The summed E-state index contributed by atoms with van der Waals surface area (Å²) in [5.74, 6) is -1.30. The summed E-state index contributed by atoms with van der Waals surface area (Å²) in [6, 6.07) is 7.01. The Hall–Kier alpha value is -1.73. The van der Waals surface area contributed by atoms with Crippen LogP contribution in [0.25, 0.3) is 0 Å². The smallest absolute Gasteiger partial charge is 0.308 e. The minimum absolute atomic E-state index is 0.375. The van der Waals surface area contributed by atoms with E-state index in [0.717, 1.165) is 5.69 Å². The molecule has 4 nitrogen and oxygen atoms in total. The molecule has 0 saturated carbocycles. The van der Waals surface area contributed by atoms with Gasteiger partial charge in [-0.25, -0.2) is 0 Å². The van der Waals surface area contributed by atoms with Gasteiger partial charge in [0.15, 0.2) is 0 Å². The van der Waals surface area contributed by atoms with Crippen LogP contribution in [0.4, 0.5) is 5.69 Å². The molecule has 0 aliphatic rings. The molecule has 17 heavy (non-hydrogen) atoms. The first-order valence-electron chi connectivity index (χ1n) is 5.09. The Morgan fingerprint density at radius 1 is 1.65 bits per heavy atom. The molecule has 0 aliphatic heterocycles. The van der Waals surface area contributed by atoms with Crippen LogP contribution < -0.4 is 4.90 Å².